The van der Waals surface area contributed by atoms with Crippen molar-refractivity contribution < 1.29 is 9.53 Å². The van der Waals surface area contributed by atoms with E-state index in [1.165, 1.54) is 0 Å². The summed E-state index contributed by atoms with van der Waals surface area (Å²) in [4.78, 5) is 16.6. The largest absolute Gasteiger partial charge is 0.381 e. The van der Waals surface area contributed by atoms with Crippen molar-refractivity contribution in [2.75, 3.05) is 45.9 Å². The lowest BCUT2D eigenvalue weighted by Crippen LogP contribution is -2.48. The third kappa shape index (κ3) is 12.9. The number of hydrogen-bond acceptors (Lipinski definition) is 3. The SMILES string of the molecule is CC.CC#CCCCN1CCN(C(=O)CCCOCCC(C)C)CC1. The molecule has 1 aliphatic rings. The van der Waals surface area contributed by atoms with Gasteiger partial charge in [0.05, 0.1) is 0 Å². The molecule has 0 aromatic heterocycles. The van der Waals surface area contributed by atoms with Crippen LogP contribution in [0.1, 0.15) is 66.7 Å². The third-order valence-corrected chi connectivity index (χ3v) is 4.20. The second-order valence-electron chi connectivity index (χ2n) is 6.65. The topological polar surface area (TPSA) is 32.8 Å². The lowest BCUT2D eigenvalue weighted by atomic mass is 10.1. The molecule has 146 valence electrons. The number of rotatable bonds is 10. The highest BCUT2D eigenvalue weighted by Crippen LogP contribution is 2.07. The van der Waals surface area contributed by atoms with Crippen molar-refractivity contribution >= 4 is 5.91 Å². The molecule has 4 nitrogen and oxygen atoms in total. The van der Waals surface area contributed by atoms with Crippen molar-refractivity contribution in [2.24, 2.45) is 5.92 Å². The van der Waals surface area contributed by atoms with Crippen LogP contribution >= 0.6 is 0 Å². The molecule has 4 heteroatoms. The molecule has 0 saturated carbocycles. The van der Waals surface area contributed by atoms with Crippen LogP contribution in [0.5, 0.6) is 0 Å². The molecule has 1 amide bonds. The first kappa shape index (κ1) is 23.9. The fourth-order valence-corrected chi connectivity index (χ4v) is 2.64. The van der Waals surface area contributed by atoms with Crippen molar-refractivity contribution in [2.45, 2.75) is 66.7 Å². The summed E-state index contributed by atoms with van der Waals surface area (Å²) < 4.78 is 5.57. The summed E-state index contributed by atoms with van der Waals surface area (Å²) in [7, 11) is 0. The van der Waals surface area contributed by atoms with E-state index in [0.29, 0.717) is 18.9 Å². The molecule has 0 aromatic carbocycles. The number of carbonyl (C=O) groups excluding carboxylic acids is 1. The van der Waals surface area contributed by atoms with E-state index < -0.39 is 0 Å². The van der Waals surface area contributed by atoms with Gasteiger partial charge in [-0.15, -0.1) is 11.8 Å². The first-order valence-electron chi connectivity index (χ1n) is 10.1. The Kier molecular flexibility index (Phi) is 15.7. The van der Waals surface area contributed by atoms with Gasteiger partial charge in [0.2, 0.25) is 5.91 Å². The number of nitrogens with zero attached hydrogens (tertiary/aromatic N) is 2. The molecule has 0 aliphatic carbocycles. The van der Waals surface area contributed by atoms with Crippen molar-refractivity contribution in [1.82, 2.24) is 9.80 Å². The van der Waals surface area contributed by atoms with Crippen molar-refractivity contribution in [1.29, 1.82) is 0 Å². The first-order chi connectivity index (χ1) is 12.1. The molecular formula is C21H40N2O2. The van der Waals surface area contributed by atoms with Gasteiger partial charge in [-0.05, 0) is 38.6 Å². The second kappa shape index (κ2) is 16.4. The zero-order chi connectivity index (χ0) is 18.9. The van der Waals surface area contributed by atoms with E-state index in [0.717, 1.165) is 65.0 Å². The Morgan fingerprint density at radius 3 is 2.36 bits per heavy atom. The summed E-state index contributed by atoms with van der Waals surface area (Å²) >= 11 is 0. The monoisotopic (exact) mass is 352 g/mol. The third-order valence-electron chi connectivity index (χ3n) is 4.20. The maximum Gasteiger partial charge on any atom is 0.222 e. The van der Waals surface area contributed by atoms with Crippen LogP contribution in [0.2, 0.25) is 0 Å². The number of carbonyl (C=O) groups is 1. The predicted molar refractivity (Wildman–Crippen MR) is 107 cm³/mol. The van der Waals surface area contributed by atoms with Crippen LogP contribution in [0.25, 0.3) is 0 Å². The summed E-state index contributed by atoms with van der Waals surface area (Å²) in [6, 6.07) is 0. The van der Waals surface area contributed by atoms with Crippen LogP contribution in [0.4, 0.5) is 0 Å². The Balaban J connectivity index is 0.00000277. The average Bonchev–Trinajstić information content (AvgIpc) is 2.63. The molecular weight excluding hydrogens is 312 g/mol. The van der Waals surface area contributed by atoms with Crippen molar-refractivity contribution in [3.05, 3.63) is 0 Å². The number of hydrogen-bond donors (Lipinski definition) is 0. The van der Waals surface area contributed by atoms with E-state index in [4.69, 9.17) is 4.74 Å². The fourth-order valence-electron chi connectivity index (χ4n) is 2.64. The van der Waals surface area contributed by atoms with E-state index in [9.17, 15) is 4.79 Å². The molecule has 0 unspecified atom stereocenters. The number of ether oxygens (including phenoxy) is 1. The van der Waals surface area contributed by atoms with Gasteiger partial charge in [0.15, 0.2) is 0 Å². The van der Waals surface area contributed by atoms with E-state index >= 15 is 0 Å². The van der Waals surface area contributed by atoms with Crippen molar-refractivity contribution in [3.63, 3.8) is 0 Å². The zero-order valence-electron chi connectivity index (χ0n) is 17.3. The van der Waals surface area contributed by atoms with Crippen LogP contribution in [-0.4, -0.2) is 61.6 Å². The average molecular weight is 353 g/mol. The number of amides is 1. The summed E-state index contributed by atoms with van der Waals surface area (Å²) in [5.74, 6) is 7.01. The Bertz CT molecular complexity index is 377. The van der Waals surface area contributed by atoms with Gasteiger partial charge < -0.3 is 9.64 Å². The maximum absolute atomic E-state index is 12.2. The fraction of sp³-hybridized carbons (Fsp3) is 0.857. The molecule has 1 heterocycles. The lowest BCUT2D eigenvalue weighted by Gasteiger charge is -2.34. The smallest absolute Gasteiger partial charge is 0.222 e. The van der Waals surface area contributed by atoms with Gasteiger partial charge in [0.25, 0.3) is 0 Å². The van der Waals surface area contributed by atoms with Gasteiger partial charge in [-0.2, -0.15) is 0 Å². The van der Waals surface area contributed by atoms with Crippen molar-refractivity contribution in [3.8, 4) is 11.8 Å². The van der Waals surface area contributed by atoms with Gasteiger partial charge >= 0.3 is 0 Å². The Labute approximate surface area is 156 Å². The molecule has 0 N–H and O–H groups in total. The minimum absolute atomic E-state index is 0.286. The standard InChI is InChI=1S/C19H34N2O2.C2H6/c1-4-5-6-7-11-20-12-14-21(15-13-20)19(22)9-8-16-23-17-10-18(2)3;1-2/h18H,6-17H2,1-3H3;1-2H3. The zero-order valence-corrected chi connectivity index (χ0v) is 17.3. The quantitative estimate of drug-likeness (QED) is 0.443. The molecule has 0 radical (unpaired) electrons. The van der Waals surface area contributed by atoms with E-state index in [-0.39, 0.29) is 5.91 Å². The van der Waals surface area contributed by atoms with Crippen LogP contribution in [0.3, 0.4) is 0 Å². The van der Waals surface area contributed by atoms with Gasteiger partial charge in [0, 0.05) is 52.2 Å². The number of piperazine rings is 1. The van der Waals surface area contributed by atoms with E-state index in [1.54, 1.807) is 0 Å². The Hall–Kier alpha value is -1.05. The molecule has 0 aromatic rings. The highest BCUT2D eigenvalue weighted by Gasteiger charge is 2.20. The molecule has 1 fully saturated rings. The lowest BCUT2D eigenvalue weighted by molar-refractivity contribution is -0.133. The van der Waals surface area contributed by atoms with Crippen LogP contribution in [0, 0.1) is 17.8 Å². The van der Waals surface area contributed by atoms with Crippen LogP contribution < -0.4 is 0 Å². The van der Waals surface area contributed by atoms with Gasteiger partial charge in [-0.25, -0.2) is 0 Å². The summed E-state index contributed by atoms with van der Waals surface area (Å²) in [5, 5.41) is 0. The predicted octanol–water partition coefficient (Wildman–Crippen LogP) is 3.80. The Morgan fingerprint density at radius 2 is 1.76 bits per heavy atom. The molecule has 1 rings (SSSR count). The van der Waals surface area contributed by atoms with Gasteiger partial charge in [0.1, 0.15) is 0 Å². The van der Waals surface area contributed by atoms with Crippen LogP contribution in [-0.2, 0) is 9.53 Å². The van der Waals surface area contributed by atoms with Crippen LogP contribution in [0.15, 0.2) is 0 Å². The van der Waals surface area contributed by atoms with Gasteiger partial charge in [-0.3, -0.25) is 9.69 Å². The highest BCUT2D eigenvalue weighted by molar-refractivity contribution is 5.76. The normalized spacial score (nSPS) is 14.6. The summed E-state index contributed by atoms with van der Waals surface area (Å²) in [6.07, 6.45) is 4.66. The molecule has 1 saturated heterocycles. The molecule has 25 heavy (non-hydrogen) atoms. The van der Waals surface area contributed by atoms with E-state index in [2.05, 4.69) is 30.6 Å². The van der Waals surface area contributed by atoms with E-state index in [1.807, 2.05) is 25.7 Å². The summed E-state index contributed by atoms with van der Waals surface area (Å²) in [5.41, 5.74) is 0. The highest BCUT2D eigenvalue weighted by atomic mass is 16.5. The molecule has 0 spiro atoms. The number of unbranched alkanes of at least 4 members (excludes halogenated alkanes) is 1. The minimum Gasteiger partial charge on any atom is -0.381 e. The summed E-state index contributed by atoms with van der Waals surface area (Å²) in [6.45, 7) is 16.6. The minimum atomic E-state index is 0.286. The Morgan fingerprint density at radius 1 is 1.08 bits per heavy atom. The second-order valence-corrected chi connectivity index (χ2v) is 6.65. The molecule has 0 bridgehead atoms. The maximum atomic E-state index is 12.2. The molecule has 0 atom stereocenters. The first-order valence-corrected chi connectivity index (χ1v) is 10.1. The molecule has 1 aliphatic heterocycles. The van der Waals surface area contributed by atoms with Gasteiger partial charge in [-0.1, -0.05) is 27.7 Å².